The lowest BCUT2D eigenvalue weighted by Gasteiger charge is -2.12. The van der Waals surface area contributed by atoms with E-state index in [2.05, 4.69) is 5.32 Å². The van der Waals surface area contributed by atoms with Crippen LogP contribution >= 0.6 is 11.6 Å². The van der Waals surface area contributed by atoms with E-state index in [1.54, 1.807) is 24.3 Å². The van der Waals surface area contributed by atoms with Crippen molar-refractivity contribution in [3.05, 3.63) is 34.9 Å². The number of carboxylic acids is 1. The summed E-state index contributed by atoms with van der Waals surface area (Å²) in [6.07, 6.45) is -0.443. The Hall–Kier alpha value is -2.08. The van der Waals surface area contributed by atoms with Crippen LogP contribution in [-0.4, -0.2) is 28.9 Å². The summed E-state index contributed by atoms with van der Waals surface area (Å²) in [5.41, 5.74) is 5.59. The standard InChI is InChI=1S/C12H13ClN2O4/c13-8-3-1-7(2-4-8)5-11(17)15-9(12(18)19)6-10(14)16/h1-4,9H,5-6H2,(H2,14,16)(H,15,17)(H,18,19)/t9-/m0/s1. The Balaban J connectivity index is 2.59. The summed E-state index contributed by atoms with van der Waals surface area (Å²) in [7, 11) is 0. The molecule has 0 aliphatic rings. The molecular formula is C12H13ClN2O4. The maximum atomic E-state index is 11.6. The summed E-state index contributed by atoms with van der Waals surface area (Å²) >= 11 is 5.70. The first-order valence-corrected chi connectivity index (χ1v) is 5.81. The van der Waals surface area contributed by atoms with Gasteiger partial charge in [0.05, 0.1) is 12.8 Å². The number of amides is 2. The Bertz CT molecular complexity index is 487. The van der Waals surface area contributed by atoms with Gasteiger partial charge >= 0.3 is 5.97 Å². The fourth-order valence-corrected chi connectivity index (χ4v) is 1.56. The molecule has 0 fully saturated rings. The van der Waals surface area contributed by atoms with Crippen LogP contribution in [0.3, 0.4) is 0 Å². The Kier molecular flexibility index (Phi) is 5.32. The number of carbonyl (C=O) groups excluding carboxylic acids is 2. The molecule has 2 amide bonds. The normalized spacial score (nSPS) is 11.6. The van der Waals surface area contributed by atoms with E-state index in [4.69, 9.17) is 22.4 Å². The number of rotatable bonds is 6. The monoisotopic (exact) mass is 284 g/mol. The average molecular weight is 285 g/mol. The summed E-state index contributed by atoms with van der Waals surface area (Å²) in [6, 6.07) is 5.26. The van der Waals surface area contributed by atoms with Gasteiger partial charge in [-0.2, -0.15) is 0 Å². The summed E-state index contributed by atoms with van der Waals surface area (Å²) in [5.74, 6) is -2.60. The smallest absolute Gasteiger partial charge is 0.326 e. The molecule has 0 radical (unpaired) electrons. The fraction of sp³-hybridized carbons (Fsp3) is 0.250. The molecule has 0 unspecified atom stereocenters. The molecule has 1 aromatic carbocycles. The van der Waals surface area contributed by atoms with E-state index in [0.29, 0.717) is 10.6 Å². The highest BCUT2D eigenvalue weighted by atomic mass is 35.5. The van der Waals surface area contributed by atoms with E-state index >= 15 is 0 Å². The molecule has 0 heterocycles. The molecule has 0 aromatic heterocycles. The van der Waals surface area contributed by atoms with Gasteiger partial charge in [0.2, 0.25) is 11.8 Å². The molecule has 0 saturated heterocycles. The Morgan fingerprint density at radius 3 is 2.32 bits per heavy atom. The predicted octanol–water partition coefficient (Wildman–Crippen LogP) is 0.327. The molecule has 1 aromatic rings. The number of halogens is 1. The highest BCUT2D eigenvalue weighted by Gasteiger charge is 2.21. The summed E-state index contributed by atoms with van der Waals surface area (Å²) in [5, 5.41) is 11.6. The van der Waals surface area contributed by atoms with E-state index < -0.39 is 30.2 Å². The topological polar surface area (TPSA) is 109 Å². The zero-order chi connectivity index (χ0) is 14.4. The first-order chi connectivity index (χ1) is 8.88. The van der Waals surface area contributed by atoms with Crippen LogP contribution in [0.15, 0.2) is 24.3 Å². The number of aliphatic carboxylic acids is 1. The Labute approximate surface area is 114 Å². The van der Waals surface area contributed by atoms with Crippen molar-refractivity contribution in [1.29, 1.82) is 0 Å². The number of benzene rings is 1. The minimum atomic E-state index is -1.31. The first kappa shape index (κ1) is 15.0. The molecule has 1 atom stereocenters. The van der Waals surface area contributed by atoms with Crippen LogP contribution in [0.4, 0.5) is 0 Å². The maximum Gasteiger partial charge on any atom is 0.326 e. The number of nitrogens with one attached hydrogen (secondary N) is 1. The second-order valence-corrected chi connectivity index (χ2v) is 4.37. The second kappa shape index (κ2) is 6.75. The van der Waals surface area contributed by atoms with Crippen molar-refractivity contribution in [3.8, 4) is 0 Å². The van der Waals surface area contributed by atoms with Crippen LogP contribution in [0, 0.1) is 0 Å². The minimum Gasteiger partial charge on any atom is -0.480 e. The second-order valence-electron chi connectivity index (χ2n) is 3.93. The summed E-state index contributed by atoms with van der Waals surface area (Å²) in [6.45, 7) is 0. The van der Waals surface area contributed by atoms with Crippen molar-refractivity contribution in [1.82, 2.24) is 5.32 Å². The lowest BCUT2D eigenvalue weighted by molar-refractivity contribution is -0.143. The molecule has 6 nitrogen and oxygen atoms in total. The lowest BCUT2D eigenvalue weighted by atomic mass is 10.1. The largest absolute Gasteiger partial charge is 0.480 e. The third-order valence-electron chi connectivity index (χ3n) is 2.32. The van der Waals surface area contributed by atoms with E-state index in [0.717, 1.165) is 0 Å². The molecule has 1 rings (SSSR count). The molecule has 4 N–H and O–H groups in total. The van der Waals surface area contributed by atoms with Crippen LogP contribution in [0.5, 0.6) is 0 Å². The highest BCUT2D eigenvalue weighted by molar-refractivity contribution is 6.30. The van der Waals surface area contributed by atoms with Gasteiger partial charge < -0.3 is 16.2 Å². The zero-order valence-electron chi connectivity index (χ0n) is 9.93. The molecule has 7 heteroatoms. The SMILES string of the molecule is NC(=O)C[C@H](NC(=O)Cc1ccc(Cl)cc1)C(=O)O. The van der Waals surface area contributed by atoms with E-state index in [1.807, 2.05) is 0 Å². The summed E-state index contributed by atoms with van der Waals surface area (Å²) < 4.78 is 0. The van der Waals surface area contributed by atoms with E-state index in [9.17, 15) is 14.4 Å². The van der Waals surface area contributed by atoms with Gasteiger partial charge in [-0.15, -0.1) is 0 Å². The van der Waals surface area contributed by atoms with Gasteiger partial charge in [0.1, 0.15) is 6.04 Å². The van der Waals surface area contributed by atoms with Crippen LogP contribution in [0.25, 0.3) is 0 Å². The van der Waals surface area contributed by atoms with Crippen molar-refractivity contribution in [2.45, 2.75) is 18.9 Å². The lowest BCUT2D eigenvalue weighted by Crippen LogP contribution is -2.43. The van der Waals surface area contributed by atoms with E-state index in [1.165, 1.54) is 0 Å². The van der Waals surface area contributed by atoms with Gasteiger partial charge in [0.25, 0.3) is 0 Å². The van der Waals surface area contributed by atoms with Gasteiger partial charge in [0.15, 0.2) is 0 Å². The molecular weight excluding hydrogens is 272 g/mol. The average Bonchev–Trinajstić information content (AvgIpc) is 2.30. The van der Waals surface area contributed by atoms with Crippen LogP contribution in [0.1, 0.15) is 12.0 Å². The van der Waals surface area contributed by atoms with Crippen molar-refractivity contribution < 1.29 is 19.5 Å². The van der Waals surface area contributed by atoms with Crippen molar-refractivity contribution >= 4 is 29.4 Å². The van der Waals surface area contributed by atoms with Gasteiger partial charge in [-0.05, 0) is 17.7 Å². The minimum absolute atomic E-state index is 0.000287. The fourth-order valence-electron chi connectivity index (χ4n) is 1.43. The van der Waals surface area contributed by atoms with Gasteiger partial charge in [-0.25, -0.2) is 4.79 Å². The molecule has 0 aliphatic carbocycles. The van der Waals surface area contributed by atoms with Crippen LogP contribution in [-0.2, 0) is 20.8 Å². The van der Waals surface area contributed by atoms with E-state index in [-0.39, 0.29) is 6.42 Å². The molecule has 0 aliphatic heterocycles. The third-order valence-corrected chi connectivity index (χ3v) is 2.57. The molecule has 102 valence electrons. The van der Waals surface area contributed by atoms with Crippen LogP contribution in [0.2, 0.25) is 5.02 Å². The van der Waals surface area contributed by atoms with Gasteiger partial charge in [-0.1, -0.05) is 23.7 Å². The molecule has 0 saturated carbocycles. The van der Waals surface area contributed by atoms with Crippen molar-refractivity contribution in [2.24, 2.45) is 5.73 Å². The molecule has 19 heavy (non-hydrogen) atoms. The number of nitrogens with two attached hydrogens (primary N) is 1. The Morgan fingerprint density at radius 2 is 1.84 bits per heavy atom. The first-order valence-electron chi connectivity index (χ1n) is 5.43. The zero-order valence-corrected chi connectivity index (χ0v) is 10.7. The number of hydrogen-bond acceptors (Lipinski definition) is 3. The van der Waals surface area contributed by atoms with Gasteiger partial charge in [-0.3, -0.25) is 9.59 Å². The van der Waals surface area contributed by atoms with Crippen molar-refractivity contribution in [2.75, 3.05) is 0 Å². The number of carbonyl (C=O) groups is 3. The number of hydrogen-bond donors (Lipinski definition) is 3. The quantitative estimate of drug-likeness (QED) is 0.699. The van der Waals surface area contributed by atoms with Gasteiger partial charge in [0, 0.05) is 5.02 Å². The highest BCUT2D eigenvalue weighted by Crippen LogP contribution is 2.10. The predicted molar refractivity (Wildman–Crippen MR) is 68.5 cm³/mol. The maximum absolute atomic E-state index is 11.6. The van der Waals surface area contributed by atoms with Crippen LogP contribution < -0.4 is 11.1 Å². The Morgan fingerprint density at radius 1 is 1.26 bits per heavy atom. The summed E-state index contributed by atoms with van der Waals surface area (Å²) in [4.78, 5) is 33.1. The van der Waals surface area contributed by atoms with Crippen molar-refractivity contribution in [3.63, 3.8) is 0 Å². The third kappa shape index (κ3) is 5.39. The number of carboxylic acid groups (broad SMARTS) is 1. The molecule has 0 bridgehead atoms. The molecule has 0 spiro atoms. The number of primary amides is 1.